The van der Waals surface area contributed by atoms with Crippen LogP contribution in [0.25, 0.3) is 0 Å². The van der Waals surface area contributed by atoms with Crippen LogP contribution in [0.5, 0.6) is 5.75 Å². The molecule has 0 aromatic heterocycles. The van der Waals surface area contributed by atoms with Gasteiger partial charge in [0.05, 0.1) is 0 Å². The van der Waals surface area contributed by atoms with E-state index in [0.29, 0.717) is 4.99 Å². The van der Waals surface area contributed by atoms with Crippen LogP contribution in [0.4, 0.5) is 0 Å². The average molecular weight is 278 g/mol. The number of thiocarbonyl (C=S) groups is 1. The lowest BCUT2D eigenvalue weighted by Gasteiger charge is -2.23. The Kier molecular flexibility index (Phi) is 5.16. The third-order valence-electron chi connectivity index (χ3n) is 3.76. The Morgan fingerprint density at radius 2 is 2.16 bits per heavy atom. The van der Waals surface area contributed by atoms with Crippen molar-refractivity contribution < 1.29 is 4.74 Å². The predicted molar refractivity (Wildman–Crippen MR) is 82.7 cm³/mol. The molecule has 1 aromatic rings. The van der Waals surface area contributed by atoms with Gasteiger partial charge in [-0.15, -0.1) is 0 Å². The van der Waals surface area contributed by atoms with Crippen LogP contribution >= 0.6 is 12.2 Å². The smallest absolute Gasteiger partial charge is 0.119 e. The standard InChI is InChI=1S/C15H22N2OS/c1-2-13-4-3-9-17(13)10-11-18-14-7-5-12(6-8-14)15(16)19/h5-8,13H,2-4,9-11H2,1H3,(H2,16,19). The topological polar surface area (TPSA) is 38.5 Å². The van der Waals surface area contributed by atoms with E-state index in [4.69, 9.17) is 22.7 Å². The molecule has 1 aliphatic heterocycles. The molecule has 1 atom stereocenters. The Labute approximate surface area is 120 Å². The summed E-state index contributed by atoms with van der Waals surface area (Å²) >= 11 is 4.92. The number of nitrogens with two attached hydrogens (primary N) is 1. The van der Waals surface area contributed by atoms with Crippen molar-refractivity contribution in [3.05, 3.63) is 29.8 Å². The Morgan fingerprint density at radius 3 is 2.79 bits per heavy atom. The Bertz CT molecular complexity index is 419. The monoisotopic (exact) mass is 278 g/mol. The summed E-state index contributed by atoms with van der Waals surface area (Å²) in [6.07, 6.45) is 3.89. The second-order valence-electron chi connectivity index (χ2n) is 4.98. The minimum atomic E-state index is 0.425. The lowest BCUT2D eigenvalue weighted by atomic mass is 10.2. The van der Waals surface area contributed by atoms with Crippen LogP contribution in [0.3, 0.4) is 0 Å². The van der Waals surface area contributed by atoms with Gasteiger partial charge in [0.15, 0.2) is 0 Å². The van der Waals surface area contributed by atoms with Gasteiger partial charge >= 0.3 is 0 Å². The van der Waals surface area contributed by atoms with E-state index in [0.717, 1.165) is 30.5 Å². The average Bonchev–Trinajstić information content (AvgIpc) is 2.87. The summed E-state index contributed by atoms with van der Waals surface area (Å²) in [5.74, 6) is 0.882. The fraction of sp³-hybridized carbons (Fsp3) is 0.533. The fourth-order valence-electron chi connectivity index (χ4n) is 2.65. The van der Waals surface area contributed by atoms with Crippen molar-refractivity contribution in [2.24, 2.45) is 5.73 Å². The molecule has 4 heteroatoms. The van der Waals surface area contributed by atoms with Crippen molar-refractivity contribution >= 4 is 17.2 Å². The lowest BCUT2D eigenvalue weighted by Crippen LogP contribution is -2.32. The van der Waals surface area contributed by atoms with Crippen LogP contribution in [0.15, 0.2) is 24.3 Å². The highest BCUT2D eigenvalue weighted by atomic mass is 32.1. The number of likely N-dealkylation sites (tertiary alicyclic amines) is 1. The van der Waals surface area contributed by atoms with E-state index in [9.17, 15) is 0 Å². The molecule has 0 amide bonds. The summed E-state index contributed by atoms with van der Waals surface area (Å²) in [6, 6.07) is 8.41. The Morgan fingerprint density at radius 1 is 1.42 bits per heavy atom. The molecule has 2 rings (SSSR count). The SMILES string of the molecule is CCC1CCCN1CCOc1ccc(C(N)=S)cc1. The van der Waals surface area contributed by atoms with Gasteiger partial charge in [-0.05, 0) is 50.1 Å². The maximum absolute atomic E-state index is 5.77. The van der Waals surface area contributed by atoms with E-state index in [1.165, 1.54) is 25.8 Å². The lowest BCUT2D eigenvalue weighted by molar-refractivity contribution is 0.193. The number of hydrogen-bond acceptors (Lipinski definition) is 3. The van der Waals surface area contributed by atoms with E-state index >= 15 is 0 Å². The van der Waals surface area contributed by atoms with E-state index < -0.39 is 0 Å². The second-order valence-corrected chi connectivity index (χ2v) is 5.42. The number of nitrogens with zero attached hydrogens (tertiary/aromatic N) is 1. The van der Waals surface area contributed by atoms with E-state index in [-0.39, 0.29) is 0 Å². The van der Waals surface area contributed by atoms with Crippen molar-refractivity contribution in [2.75, 3.05) is 19.7 Å². The van der Waals surface area contributed by atoms with E-state index in [1.54, 1.807) is 0 Å². The van der Waals surface area contributed by atoms with Crippen molar-refractivity contribution in [2.45, 2.75) is 32.2 Å². The van der Waals surface area contributed by atoms with Crippen LogP contribution in [-0.4, -0.2) is 35.6 Å². The van der Waals surface area contributed by atoms with Gasteiger partial charge in [0.2, 0.25) is 0 Å². The molecule has 1 saturated heterocycles. The summed E-state index contributed by atoms with van der Waals surface area (Å²) in [5, 5.41) is 0. The van der Waals surface area contributed by atoms with Crippen LogP contribution in [0, 0.1) is 0 Å². The van der Waals surface area contributed by atoms with Crippen LogP contribution in [0.1, 0.15) is 31.7 Å². The third kappa shape index (κ3) is 3.91. The molecule has 1 aromatic carbocycles. The summed E-state index contributed by atoms with van der Waals surface area (Å²) < 4.78 is 5.77. The molecule has 0 saturated carbocycles. The molecule has 0 radical (unpaired) electrons. The summed E-state index contributed by atoms with van der Waals surface area (Å²) in [6.45, 7) is 5.22. The number of benzene rings is 1. The summed E-state index contributed by atoms with van der Waals surface area (Å²) in [4.78, 5) is 2.96. The Balaban J connectivity index is 1.77. The minimum Gasteiger partial charge on any atom is -0.492 e. The first-order valence-corrected chi connectivity index (χ1v) is 7.38. The van der Waals surface area contributed by atoms with Crippen LogP contribution in [0.2, 0.25) is 0 Å². The van der Waals surface area contributed by atoms with Gasteiger partial charge in [-0.3, -0.25) is 4.90 Å². The van der Waals surface area contributed by atoms with Gasteiger partial charge in [0.1, 0.15) is 17.3 Å². The van der Waals surface area contributed by atoms with Crippen molar-refractivity contribution in [3.63, 3.8) is 0 Å². The van der Waals surface area contributed by atoms with Crippen molar-refractivity contribution in [3.8, 4) is 5.75 Å². The maximum Gasteiger partial charge on any atom is 0.119 e. The molecule has 1 unspecified atom stereocenters. The normalized spacial score (nSPS) is 19.5. The molecule has 0 bridgehead atoms. The summed E-state index contributed by atoms with van der Waals surface area (Å²) in [5.41, 5.74) is 6.44. The van der Waals surface area contributed by atoms with Gasteiger partial charge < -0.3 is 10.5 Å². The number of ether oxygens (including phenoxy) is 1. The zero-order chi connectivity index (χ0) is 13.7. The zero-order valence-corrected chi connectivity index (χ0v) is 12.3. The maximum atomic E-state index is 5.77. The number of rotatable bonds is 6. The molecule has 1 heterocycles. The van der Waals surface area contributed by atoms with Crippen molar-refractivity contribution in [1.82, 2.24) is 4.90 Å². The molecule has 2 N–H and O–H groups in total. The molecular formula is C15H22N2OS. The van der Waals surface area contributed by atoms with Gasteiger partial charge in [-0.25, -0.2) is 0 Å². The molecule has 0 aliphatic carbocycles. The van der Waals surface area contributed by atoms with Gasteiger partial charge in [-0.2, -0.15) is 0 Å². The molecule has 3 nitrogen and oxygen atoms in total. The largest absolute Gasteiger partial charge is 0.492 e. The van der Waals surface area contributed by atoms with Gasteiger partial charge in [-0.1, -0.05) is 19.1 Å². The van der Waals surface area contributed by atoms with Crippen LogP contribution < -0.4 is 10.5 Å². The first kappa shape index (κ1) is 14.3. The highest BCUT2D eigenvalue weighted by Gasteiger charge is 2.21. The highest BCUT2D eigenvalue weighted by molar-refractivity contribution is 7.80. The molecule has 1 fully saturated rings. The van der Waals surface area contributed by atoms with E-state index in [1.807, 2.05) is 24.3 Å². The van der Waals surface area contributed by atoms with Crippen LogP contribution in [-0.2, 0) is 0 Å². The first-order valence-electron chi connectivity index (χ1n) is 6.97. The quantitative estimate of drug-likeness (QED) is 0.812. The molecule has 0 spiro atoms. The molecule has 104 valence electrons. The third-order valence-corrected chi connectivity index (χ3v) is 3.99. The van der Waals surface area contributed by atoms with Crippen molar-refractivity contribution in [1.29, 1.82) is 0 Å². The second kappa shape index (κ2) is 6.87. The summed E-state index contributed by atoms with van der Waals surface area (Å²) in [7, 11) is 0. The first-order chi connectivity index (χ1) is 9.20. The number of hydrogen-bond donors (Lipinski definition) is 1. The molecular weight excluding hydrogens is 256 g/mol. The zero-order valence-electron chi connectivity index (χ0n) is 11.5. The van der Waals surface area contributed by atoms with E-state index in [2.05, 4.69) is 11.8 Å². The minimum absolute atomic E-state index is 0.425. The molecule has 19 heavy (non-hydrogen) atoms. The molecule has 1 aliphatic rings. The Hall–Kier alpha value is -1.13. The van der Waals surface area contributed by atoms with Gasteiger partial charge in [0.25, 0.3) is 0 Å². The van der Waals surface area contributed by atoms with Gasteiger partial charge in [0, 0.05) is 18.2 Å². The highest BCUT2D eigenvalue weighted by Crippen LogP contribution is 2.19. The fourth-order valence-corrected chi connectivity index (χ4v) is 2.78. The predicted octanol–water partition coefficient (Wildman–Crippen LogP) is 2.57.